The highest BCUT2D eigenvalue weighted by Crippen LogP contribution is 2.27. The number of nitrogens with one attached hydrogen (secondary N) is 1. The third-order valence-corrected chi connectivity index (χ3v) is 4.35. The van der Waals surface area contributed by atoms with Gasteiger partial charge < -0.3 is 15.0 Å². The van der Waals surface area contributed by atoms with Crippen molar-refractivity contribution in [3.05, 3.63) is 34.6 Å². The normalized spacial score (nSPS) is 17.2. The number of carbonyl (C=O) groups excluding carboxylic acids is 2. The first-order valence-electron chi connectivity index (χ1n) is 7.57. The highest BCUT2D eigenvalue weighted by atomic mass is 35.5. The smallest absolute Gasteiger partial charge is 0.406 e. The summed E-state index contributed by atoms with van der Waals surface area (Å²) in [6, 6.07) is 4.54. The van der Waals surface area contributed by atoms with Crippen LogP contribution in [0.5, 0.6) is 0 Å². The standard InChI is InChI=1S/C16H20ClFN2O3/c1-23-16(22)19-8-7-15(21)20-9-3-4-11(20)10-12-13(17)5-2-6-14(12)18/h2,5-6,11H,3-4,7-10H2,1H3,(H,19,22)/t11-/m0/s1. The summed E-state index contributed by atoms with van der Waals surface area (Å²) in [6.45, 7) is 0.864. The highest BCUT2D eigenvalue weighted by molar-refractivity contribution is 6.31. The topological polar surface area (TPSA) is 58.6 Å². The summed E-state index contributed by atoms with van der Waals surface area (Å²) in [7, 11) is 1.27. The molecule has 2 rings (SSSR count). The minimum absolute atomic E-state index is 0.0589. The zero-order chi connectivity index (χ0) is 16.8. The van der Waals surface area contributed by atoms with Gasteiger partial charge in [0.1, 0.15) is 5.82 Å². The molecule has 0 aliphatic carbocycles. The predicted molar refractivity (Wildman–Crippen MR) is 84.9 cm³/mol. The SMILES string of the molecule is COC(=O)NCCC(=O)N1CCC[C@H]1Cc1c(F)cccc1Cl. The lowest BCUT2D eigenvalue weighted by Gasteiger charge is -2.25. The molecule has 1 N–H and O–H groups in total. The van der Waals surface area contributed by atoms with E-state index >= 15 is 0 Å². The van der Waals surface area contributed by atoms with Crippen LogP contribution in [-0.2, 0) is 16.0 Å². The van der Waals surface area contributed by atoms with E-state index in [9.17, 15) is 14.0 Å². The van der Waals surface area contributed by atoms with Crippen molar-refractivity contribution in [2.75, 3.05) is 20.2 Å². The van der Waals surface area contributed by atoms with Crippen LogP contribution in [0.1, 0.15) is 24.8 Å². The molecule has 0 saturated carbocycles. The average Bonchev–Trinajstić information content (AvgIpc) is 2.99. The van der Waals surface area contributed by atoms with Gasteiger partial charge >= 0.3 is 6.09 Å². The maximum absolute atomic E-state index is 13.9. The van der Waals surface area contributed by atoms with E-state index < -0.39 is 6.09 Å². The minimum Gasteiger partial charge on any atom is -0.453 e. The molecule has 5 nitrogen and oxygen atoms in total. The molecule has 1 aromatic rings. The number of alkyl carbamates (subject to hydrolysis) is 1. The first-order valence-corrected chi connectivity index (χ1v) is 7.95. The lowest BCUT2D eigenvalue weighted by atomic mass is 10.0. The number of halogens is 2. The van der Waals surface area contributed by atoms with E-state index in [4.69, 9.17) is 11.6 Å². The van der Waals surface area contributed by atoms with Gasteiger partial charge in [-0.1, -0.05) is 17.7 Å². The maximum Gasteiger partial charge on any atom is 0.406 e. The summed E-state index contributed by atoms with van der Waals surface area (Å²) >= 11 is 6.06. The van der Waals surface area contributed by atoms with Crippen LogP contribution < -0.4 is 5.32 Å². The molecule has 0 radical (unpaired) electrons. The molecule has 7 heteroatoms. The third-order valence-electron chi connectivity index (χ3n) is 3.99. The van der Waals surface area contributed by atoms with Gasteiger partial charge in [-0.3, -0.25) is 4.79 Å². The van der Waals surface area contributed by atoms with Crippen molar-refractivity contribution in [1.29, 1.82) is 0 Å². The molecule has 1 heterocycles. The Morgan fingerprint density at radius 2 is 2.26 bits per heavy atom. The van der Waals surface area contributed by atoms with Crippen LogP contribution in [0.25, 0.3) is 0 Å². The van der Waals surface area contributed by atoms with Crippen LogP contribution >= 0.6 is 11.6 Å². The van der Waals surface area contributed by atoms with Gasteiger partial charge in [-0.2, -0.15) is 0 Å². The van der Waals surface area contributed by atoms with Crippen LogP contribution in [0.15, 0.2) is 18.2 Å². The van der Waals surface area contributed by atoms with Crippen molar-refractivity contribution in [2.45, 2.75) is 31.7 Å². The Hall–Kier alpha value is -1.82. The Labute approximate surface area is 139 Å². The number of rotatable bonds is 5. The molecular weight excluding hydrogens is 323 g/mol. The Balaban J connectivity index is 1.94. The summed E-state index contributed by atoms with van der Waals surface area (Å²) in [4.78, 5) is 25.0. The van der Waals surface area contributed by atoms with Crippen molar-refractivity contribution >= 4 is 23.6 Å². The van der Waals surface area contributed by atoms with E-state index in [1.807, 2.05) is 0 Å². The van der Waals surface area contributed by atoms with Crippen molar-refractivity contribution in [3.8, 4) is 0 Å². The number of amides is 2. The lowest BCUT2D eigenvalue weighted by molar-refractivity contribution is -0.131. The predicted octanol–water partition coefficient (Wildman–Crippen LogP) is 2.76. The first kappa shape index (κ1) is 17.5. The summed E-state index contributed by atoms with van der Waals surface area (Å²) < 4.78 is 18.4. The Bertz CT molecular complexity index is 562. The molecule has 1 atom stereocenters. The van der Waals surface area contributed by atoms with Crippen LogP contribution in [0, 0.1) is 5.82 Å². The number of likely N-dealkylation sites (tertiary alicyclic amines) is 1. The maximum atomic E-state index is 13.9. The van der Waals surface area contributed by atoms with Crippen LogP contribution in [0.4, 0.5) is 9.18 Å². The Kier molecular flexibility index (Phi) is 6.21. The summed E-state index contributed by atoms with van der Waals surface area (Å²) in [5, 5.41) is 2.87. The number of hydrogen-bond donors (Lipinski definition) is 1. The molecule has 0 aromatic heterocycles. The number of carbonyl (C=O) groups is 2. The van der Waals surface area contributed by atoms with Gasteiger partial charge in [-0.05, 0) is 31.4 Å². The summed E-state index contributed by atoms with van der Waals surface area (Å²) in [5.41, 5.74) is 0.451. The average molecular weight is 343 g/mol. The van der Waals surface area contributed by atoms with Crippen molar-refractivity contribution in [2.24, 2.45) is 0 Å². The van der Waals surface area contributed by atoms with E-state index in [1.54, 1.807) is 17.0 Å². The van der Waals surface area contributed by atoms with E-state index in [-0.39, 0.29) is 30.7 Å². The quantitative estimate of drug-likeness (QED) is 0.895. The van der Waals surface area contributed by atoms with E-state index in [2.05, 4.69) is 10.1 Å². The zero-order valence-electron chi connectivity index (χ0n) is 13.0. The molecule has 1 fully saturated rings. The van der Waals surface area contributed by atoms with Crippen LogP contribution in [0.2, 0.25) is 5.02 Å². The van der Waals surface area contributed by atoms with Gasteiger partial charge in [0.2, 0.25) is 5.91 Å². The number of ether oxygens (including phenoxy) is 1. The second kappa shape index (κ2) is 8.15. The van der Waals surface area contributed by atoms with Crippen LogP contribution in [-0.4, -0.2) is 43.1 Å². The second-order valence-electron chi connectivity index (χ2n) is 5.46. The highest BCUT2D eigenvalue weighted by Gasteiger charge is 2.29. The fraction of sp³-hybridized carbons (Fsp3) is 0.500. The molecule has 23 heavy (non-hydrogen) atoms. The molecule has 1 aliphatic rings. The van der Waals surface area contributed by atoms with Crippen LogP contribution in [0.3, 0.4) is 0 Å². The van der Waals surface area contributed by atoms with Gasteiger partial charge in [0.15, 0.2) is 0 Å². The lowest BCUT2D eigenvalue weighted by Crippen LogP contribution is -2.39. The molecule has 0 unspecified atom stereocenters. The molecule has 1 aliphatic heterocycles. The van der Waals surface area contributed by atoms with Gasteiger partial charge in [0.05, 0.1) is 7.11 Å². The second-order valence-corrected chi connectivity index (χ2v) is 5.86. The molecule has 0 bridgehead atoms. The van der Waals surface area contributed by atoms with Gasteiger partial charge in [0.25, 0.3) is 0 Å². The molecule has 2 amide bonds. The summed E-state index contributed by atoms with van der Waals surface area (Å²) in [6.07, 6.45) is 1.74. The number of methoxy groups -OCH3 is 1. The molecule has 126 valence electrons. The summed E-state index contributed by atoms with van der Waals surface area (Å²) in [5.74, 6) is -0.402. The number of nitrogens with zero attached hydrogens (tertiary/aromatic N) is 1. The number of hydrogen-bond acceptors (Lipinski definition) is 3. The monoisotopic (exact) mass is 342 g/mol. The Morgan fingerprint density at radius 1 is 1.48 bits per heavy atom. The van der Waals surface area contributed by atoms with Gasteiger partial charge in [-0.15, -0.1) is 0 Å². The molecule has 0 spiro atoms. The zero-order valence-corrected chi connectivity index (χ0v) is 13.7. The van der Waals surface area contributed by atoms with Crippen molar-refractivity contribution in [3.63, 3.8) is 0 Å². The van der Waals surface area contributed by atoms with Gasteiger partial charge in [0, 0.05) is 36.1 Å². The fourth-order valence-corrected chi connectivity index (χ4v) is 3.07. The molecular formula is C16H20ClFN2O3. The molecule has 1 saturated heterocycles. The van der Waals surface area contributed by atoms with E-state index in [0.717, 1.165) is 12.8 Å². The number of benzene rings is 1. The van der Waals surface area contributed by atoms with Gasteiger partial charge in [-0.25, -0.2) is 9.18 Å². The fourth-order valence-electron chi connectivity index (χ4n) is 2.83. The third kappa shape index (κ3) is 4.58. The largest absolute Gasteiger partial charge is 0.453 e. The van der Waals surface area contributed by atoms with E-state index in [0.29, 0.717) is 23.6 Å². The van der Waals surface area contributed by atoms with Crippen molar-refractivity contribution < 1.29 is 18.7 Å². The first-order chi connectivity index (χ1) is 11.0. The Morgan fingerprint density at radius 3 is 2.96 bits per heavy atom. The van der Waals surface area contributed by atoms with E-state index in [1.165, 1.54) is 13.2 Å². The molecule has 1 aromatic carbocycles. The van der Waals surface area contributed by atoms with Crippen molar-refractivity contribution in [1.82, 2.24) is 10.2 Å². The minimum atomic E-state index is -0.561.